The Hall–Kier alpha value is -1.10. The first-order valence-electron chi connectivity index (χ1n) is 4.51. The Bertz CT molecular complexity index is 333. The lowest BCUT2D eigenvalue weighted by molar-refractivity contribution is -0.138. The summed E-state index contributed by atoms with van der Waals surface area (Å²) in [4.78, 5) is 0. The molecule has 1 aromatic rings. The van der Waals surface area contributed by atoms with Crippen LogP contribution in [0.1, 0.15) is 17.5 Å². The van der Waals surface area contributed by atoms with E-state index in [1.54, 1.807) is 0 Å². The van der Waals surface area contributed by atoms with Crippen molar-refractivity contribution >= 4 is 0 Å². The minimum absolute atomic E-state index is 0.0119. The summed E-state index contributed by atoms with van der Waals surface area (Å²) in [5.41, 5.74) is 3.98. The highest BCUT2D eigenvalue weighted by Crippen LogP contribution is 2.33. The van der Waals surface area contributed by atoms with E-state index >= 15 is 0 Å². The largest absolute Gasteiger partial charge is 0.416 e. The van der Waals surface area contributed by atoms with Crippen LogP contribution in [0.4, 0.5) is 17.6 Å². The van der Waals surface area contributed by atoms with Crippen molar-refractivity contribution in [3.8, 4) is 0 Å². The van der Waals surface area contributed by atoms with Crippen molar-refractivity contribution in [3.05, 3.63) is 35.1 Å². The van der Waals surface area contributed by atoms with Gasteiger partial charge in [-0.2, -0.15) is 13.2 Å². The van der Waals surface area contributed by atoms with Crippen LogP contribution < -0.4 is 5.73 Å². The average molecular weight is 221 g/mol. The highest BCUT2D eigenvalue weighted by atomic mass is 19.4. The zero-order valence-electron chi connectivity index (χ0n) is 7.94. The van der Waals surface area contributed by atoms with E-state index in [-0.39, 0.29) is 18.5 Å². The number of nitrogens with two attached hydrogens (primary N) is 1. The summed E-state index contributed by atoms with van der Waals surface area (Å²) >= 11 is 0. The van der Waals surface area contributed by atoms with E-state index in [9.17, 15) is 17.6 Å². The Kier molecular flexibility index (Phi) is 3.68. The van der Waals surface area contributed by atoms with Gasteiger partial charge in [0.25, 0.3) is 0 Å². The molecule has 0 bridgehead atoms. The van der Waals surface area contributed by atoms with Crippen LogP contribution >= 0.6 is 0 Å². The minimum Gasteiger partial charge on any atom is -0.330 e. The molecule has 1 rings (SSSR count). The van der Waals surface area contributed by atoms with Crippen LogP contribution in [-0.2, 0) is 12.6 Å². The molecule has 0 radical (unpaired) electrons. The number of hydrogen-bond donors (Lipinski definition) is 1. The molecular weight excluding hydrogens is 210 g/mol. The summed E-state index contributed by atoms with van der Waals surface area (Å²) in [5.74, 6) is -0.821. The van der Waals surface area contributed by atoms with Gasteiger partial charge in [0.05, 0.1) is 5.56 Å². The first-order valence-corrected chi connectivity index (χ1v) is 4.51. The molecule has 15 heavy (non-hydrogen) atoms. The second-order valence-electron chi connectivity index (χ2n) is 3.16. The number of rotatable bonds is 3. The van der Waals surface area contributed by atoms with Gasteiger partial charge in [0.1, 0.15) is 5.82 Å². The molecule has 0 unspecified atom stereocenters. The lowest BCUT2D eigenvalue weighted by Gasteiger charge is -2.12. The predicted molar refractivity (Wildman–Crippen MR) is 48.8 cm³/mol. The summed E-state index contributed by atoms with van der Waals surface area (Å²) in [6.07, 6.45) is -4.16. The number of halogens is 4. The van der Waals surface area contributed by atoms with Crippen molar-refractivity contribution in [3.63, 3.8) is 0 Å². The number of alkyl halides is 3. The highest BCUT2D eigenvalue weighted by Gasteiger charge is 2.33. The highest BCUT2D eigenvalue weighted by molar-refractivity contribution is 5.31. The van der Waals surface area contributed by atoms with Gasteiger partial charge >= 0.3 is 6.18 Å². The van der Waals surface area contributed by atoms with Crippen LogP contribution in [0.15, 0.2) is 18.2 Å². The van der Waals surface area contributed by atoms with Gasteiger partial charge in [0.2, 0.25) is 0 Å². The summed E-state index contributed by atoms with van der Waals surface area (Å²) in [6, 6.07) is 2.97. The second-order valence-corrected chi connectivity index (χ2v) is 3.16. The van der Waals surface area contributed by atoms with Crippen LogP contribution in [0.2, 0.25) is 0 Å². The Labute approximate surface area is 84.9 Å². The third kappa shape index (κ3) is 2.92. The lowest BCUT2D eigenvalue weighted by atomic mass is 10.0. The maximum absolute atomic E-state index is 13.2. The summed E-state index contributed by atoms with van der Waals surface area (Å²) in [6.45, 7) is 0.242. The maximum atomic E-state index is 13.2. The van der Waals surface area contributed by atoms with Crippen LogP contribution in [-0.4, -0.2) is 6.54 Å². The quantitative estimate of drug-likeness (QED) is 0.780. The monoisotopic (exact) mass is 221 g/mol. The van der Waals surface area contributed by atoms with E-state index in [1.165, 1.54) is 0 Å². The molecular formula is C10H11F4N. The van der Waals surface area contributed by atoms with Crippen LogP contribution in [0.3, 0.4) is 0 Å². The summed E-state index contributed by atoms with van der Waals surface area (Å²) < 4.78 is 50.5. The lowest BCUT2D eigenvalue weighted by Crippen LogP contribution is -2.12. The molecule has 1 aromatic carbocycles. The number of hydrogen-bond acceptors (Lipinski definition) is 1. The Balaban J connectivity index is 3.09. The molecule has 0 amide bonds. The molecule has 0 fully saturated rings. The molecule has 0 aliphatic rings. The van der Waals surface area contributed by atoms with Crippen molar-refractivity contribution in [1.29, 1.82) is 0 Å². The molecule has 5 heteroatoms. The maximum Gasteiger partial charge on any atom is 0.416 e. The summed E-state index contributed by atoms with van der Waals surface area (Å²) in [5, 5.41) is 0. The van der Waals surface area contributed by atoms with Gasteiger partial charge in [-0.1, -0.05) is 6.07 Å². The van der Waals surface area contributed by atoms with Crippen LogP contribution in [0.25, 0.3) is 0 Å². The Morgan fingerprint density at radius 1 is 1.20 bits per heavy atom. The zero-order chi connectivity index (χ0) is 11.5. The molecule has 84 valence electrons. The normalized spacial score (nSPS) is 11.8. The van der Waals surface area contributed by atoms with Crippen molar-refractivity contribution in [2.75, 3.05) is 6.54 Å². The Morgan fingerprint density at radius 3 is 2.40 bits per heavy atom. The SMILES string of the molecule is NCCCc1c(F)cccc1C(F)(F)F. The van der Waals surface area contributed by atoms with Gasteiger partial charge < -0.3 is 5.73 Å². The molecule has 1 nitrogen and oxygen atoms in total. The van der Waals surface area contributed by atoms with Crippen molar-refractivity contribution in [1.82, 2.24) is 0 Å². The third-order valence-corrected chi connectivity index (χ3v) is 2.06. The van der Waals surface area contributed by atoms with E-state index in [1.807, 2.05) is 0 Å². The fraction of sp³-hybridized carbons (Fsp3) is 0.400. The average Bonchev–Trinajstić information content (AvgIpc) is 2.14. The first kappa shape index (κ1) is 12.0. The smallest absolute Gasteiger partial charge is 0.330 e. The first-order chi connectivity index (χ1) is 6.96. The fourth-order valence-electron chi connectivity index (χ4n) is 1.36. The van der Waals surface area contributed by atoms with E-state index in [2.05, 4.69) is 0 Å². The van der Waals surface area contributed by atoms with Gasteiger partial charge in [-0.15, -0.1) is 0 Å². The van der Waals surface area contributed by atoms with Gasteiger partial charge in [0.15, 0.2) is 0 Å². The summed E-state index contributed by atoms with van der Waals surface area (Å²) in [7, 11) is 0. The molecule has 0 aromatic heterocycles. The predicted octanol–water partition coefficient (Wildman–Crippen LogP) is 2.74. The van der Waals surface area contributed by atoms with E-state index in [0.717, 1.165) is 18.2 Å². The van der Waals surface area contributed by atoms with Gasteiger partial charge in [-0.3, -0.25) is 0 Å². The molecule has 0 heterocycles. The van der Waals surface area contributed by atoms with E-state index in [0.29, 0.717) is 6.42 Å². The zero-order valence-corrected chi connectivity index (χ0v) is 7.94. The molecule has 0 atom stereocenters. The van der Waals surface area contributed by atoms with Crippen molar-refractivity contribution < 1.29 is 17.6 Å². The van der Waals surface area contributed by atoms with Crippen molar-refractivity contribution in [2.24, 2.45) is 5.73 Å². The van der Waals surface area contributed by atoms with Gasteiger partial charge in [-0.25, -0.2) is 4.39 Å². The minimum atomic E-state index is -4.51. The van der Waals surface area contributed by atoms with Crippen LogP contribution in [0.5, 0.6) is 0 Å². The molecule has 2 N–H and O–H groups in total. The third-order valence-electron chi connectivity index (χ3n) is 2.06. The van der Waals surface area contributed by atoms with Crippen LogP contribution in [0, 0.1) is 5.82 Å². The molecule has 0 spiro atoms. The molecule has 0 saturated carbocycles. The molecule has 0 saturated heterocycles. The second kappa shape index (κ2) is 4.61. The Morgan fingerprint density at radius 2 is 1.87 bits per heavy atom. The van der Waals surface area contributed by atoms with Gasteiger partial charge in [0, 0.05) is 5.56 Å². The topological polar surface area (TPSA) is 26.0 Å². The fourth-order valence-corrected chi connectivity index (χ4v) is 1.36. The molecule has 0 aliphatic carbocycles. The molecule has 0 aliphatic heterocycles. The van der Waals surface area contributed by atoms with E-state index < -0.39 is 17.6 Å². The number of benzene rings is 1. The van der Waals surface area contributed by atoms with Gasteiger partial charge in [-0.05, 0) is 31.5 Å². The van der Waals surface area contributed by atoms with E-state index in [4.69, 9.17) is 5.73 Å². The standard InChI is InChI=1S/C10H11F4N/c11-9-5-1-4-8(10(12,13)14)7(9)3-2-6-15/h1,4-5H,2-3,6,15H2. The van der Waals surface area contributed by atoms with Crippen molar-refractivity contribution in [2.45, 2.75) is 19.0 Å².